The summed E-state index contributed by atoms with van der Waals surface area (Å²) in [4.78, 5) is 15.9. The molecule has 1 heterocycles. The Bertz CT molecular complexity index is 664. The van der Waals surface area contributed by atoms with Gasteiger partial charge in [0.05, 0.1) is 37.6 Å². The molecule has 0 aromatic heterocycles. The lowest BCUT2D eigenvalue weighted by atomic mass is 10.0. The van der Waals surface area contributed by atoms with Gasteiger partial charge < -0.3 is 10.0 Å². The molecule has 1 fully saturated rings. The minimum absolute atomic E-state index is 0.0646. The molecule has 0 bridgehead atoms. The number of hydrogen-bond acceptors (Lipinski definition) is 5. The lowest BCUT2D eigenvalue weighted by Gasteiger charge is -2.28. The maximum absolute atomic E-state index is 13.5. The maximum atomic E-state index is 13.5. The van der Waals surface area contributed by atoms with Crippen LogP contribution in [0.3, 0.4) is 0 Å². The summed E-state index contributed by atoms with van der Waals surface area (Å²) in [6, 6.07) is 9.94. The van der Waals surface area contributed by atoms with E-state index in [-0.39, 0.29) is 50.2 Å². The number of amides is 1. The molecule has 1 aromatic carbocycles. The van der Waals surface area contributed by atoms with Crippen LogP contribution in [0.25, 0.3) is 0 Å². The number of benzene rings is 1. The zero-order valence-corrected chi connectivity index (χ0v) is 13.9. The molecule has 0 spiro atoms. The minimum atomic E-state index is -0.576. The lowest BCUT2D eigenvalue weighted by molar-refractivity contribution is -0.132. The quantitative estimate of drug-likeness (QED) is 0.811. The number of carbonyl (C=O) groups excluding carboxylic acids is 1. The molecule has 132 valence electrons. The molecular formula is C18H21FN4O2. The van der Waals surface area contributed by atoms with E-state index in [1.54, 1.807) is 12.1 Å². The number of likely N-dealkylation sites (tertiary alicyclic amines) is 1. The van der Waals surface area contributed by atoms with Gasteiger partial charge >= 0.3 is 0 Å². The van der Waals surface area contributed by atoms with Gasteiger partial charge in [0.1, 0.15) is 5.82 Å². The Labute approximate surface area is 146 Å². The average molecular weight is 344 g/mol. The first-order valence-electron chi connectivity index (χ1n) is 8.24. The second-order valence-corrected chi connectivity index (χ2v) is 6.09. The molecule has 1 saturated heterocycles. The number of hydrogen-bond donors (Lipinski definition) is 1. The van der Waals surface area contributed by atoms with Gasteiger partial charge in [0, 0.05) is 25.7 Å². The van der Waals surface area contributed by atoms with E-state index in [2.05, 4.69) is 0 Å². The fourth-order valence-corrected chi connectivity index (χ4v) is 3.12. The number of nitrogens with zero attached hydrogens (tertiary/aromatic N) is 4. The van der Waals surface area contributed by atoms with Crippen LogP contribution in [0.1, 0.15) is 30.9 Å². The Kier molecular flexibility index (Phi) is 6.88. The van der Waals surface area contributed by atoms with Gasteiger partial charge in [-0.3, -0.25) is 9.69 Å². The number of β-amino-alcohol motifs (C(OH)–C–C–N with tert-alkyl or cyclic N) is 1. The van der Waals surface area contributed by atoms with Crippen molar-refractivity contribution in [1.82, 2.24) is 9.80 Å². The largest absolute Gasteiger partial charge is 0.392 e. The summed E-state index contributed by atoms with van der Waals surface area (Å²) in [5.41, 5.74) is 0.727. The van der Waals surface area contributed by atoms with Crippen molar-refractivity contribution in [2.24, 2.45) is 0 Å². The number of aliphatic hydroxyl groups is 1. The van der Waals surface area contributed by atoms with Crippen molar-refractivity contribution in [3.8, 4) is 12.1 Å². The Morgan fingerprint density at radius 2 is 2.00 bits per heavy atom. The molecule has 7 heteroatoms. The Morgan fingerprint density at radius 1 is 1.32 bits per heavy atom. The van der Waals surface area contributed by atoms with Gasteiger partial charge in [-0.25, -0.2) is 4.39 Å². The first kappa shape index (κ1) is 18.9. The monoisotopic (exact) mass is 344 g/mol. The maximum Gasteiger partial charge on any atom is 0.236 e. The zero-order chi connectivity index (χ0) is 18.2. The van der Waals surface area contributed by atoms with E-state index in [0.717, 1.165) is 5.56 Å². The first-order chi connectivity index (χ1) is 12.0. The summed E-state index contributed by atoms with van der Waals surface area (Å²) in [6.07, 6.45) is 0.264. The molecule has 1 aliphatic rings. The van der Waals surface area contributed by atoms with Gasteiger partial charge in [0.25, 0.3) is 0 Å². The number of aliphatic hydroxyl groups excluding tert-OH is 1. The van der Waals surface area contributed by atoms with Gasteiger partial charge in [0.2, 0.25) is 5.91 Å². The molecular weight excluding hydrogens is 323 g/mol. The molecule has 0 saturated carbocycles. The van der Waals surface area contributed by atoms with Crippen LogP contribution in [-0.4, -0.2) is 53.1 Å². The van der Waals surface area contributed by atoms with Gasteiger partial charge in [-0.05, 0) is 24.1 Å². The van der Waals surface area contributed by atoms with Crippen molar-refractivity contribution in [3.63, 3.8) is 0 Å². The van der Waals surface area contributed by atoms with Crippen molar-refractivity contribution in [1.29, 1.82) is 10.5 Å². The molecule has 6 nitrogen and oxygen atoms in total. The van der Waals surface area contributed by atoms with Gasteiger partial charge in [-0.15, -0.1) is 0 Å². The Hall–Kier alpha value is -2.48. The van der Waals surface area contributed by atoms with Crippen LogP contribution in [0.2, 0.25) is 0 Å². The fraction of sp³-hybridized carbons (Fsp3) is 0.500. The van der Waals surface area contributed by atoms with Crippen LogP contribution < -0.4 is 0 Å². The van der Waals surface area contributed by atoms with Crippen molar-refractivity contribution in [2.75, 3.05) is 26.2 Å². The Balaban J connectivity index is 2.08. The number of rotatable bonds is 7. The summed E-state index contributed by atoms with van der Waals surface area (Å²) in [7, 11) is 0. The Morgan fingerprint density at radius 3 is 2.60 bits per heavy atom. The van der Waals surface area contributed by atoms with Crippen molar-refractivity contribution in [2.45, 2.75) is 31.4 Å². The van der Waals surface area contributed by atoms with E-state index in [4.69, 9.17) is 10.5 Å². The summed E-state index contributed by atoms with van der Waals surface area (Å²) in [5.74, 6) is -0.546. The predicted octanol–water partition coefficient (Wildman–Crippen LogP) is 1.59. The van der Waals surface area contributed by atoms with Gasteiger partial charge in [-0.1, -0.05) is 12.1 Å². The highest BCUT2D eigenvalue weighted by molar-refractivity contribution is 5.78. The van der Waals surface area contributed by atoms with Gasteiger partial charge in [-0.2, -0.15) is 10.5 Å². The lowest BCUT2D eigenvalue weighted by Crippen LogP contribution is -2.41. The zero-order valence-electron chi connectivity index (χ0n) is 13.9. The summed E-state index contributed by atoms with van der Waals surface area (Å²) < 4.78 is 13.5. The normalized spacial score (nSPS) is 20.0. The summed E-state index contributed by atoms with van der Waals surface area (Å²) >= 11 is 0. The molecule has 1 N–H and O–H groups in total. The van der Waals surface area contributed by atoms with Crippen LogP contribution in [0, 0.1) is 28.5 Å². The van der Waals surface area contributed by atoms with E-state index in [0.29, 0.717) is 13.0 Å². The van der Waals surface area contributed by atoms with Crippen LogP contribution in [0.15, 0.2) is 24.3 Å². The third-order valence-corrected chi connectivity index (χ3v) is 4.29. The molecule has 1 amide bonds. The molecule has 0 aliphatic carbocycles. The van der Waals surface area contributed by atoms with Gasteiger partial charge in [0.15, 0.2) is 0 Å². The minimum Gasteiger partial charge on any atom is -0.392 e. The topological polar surface area (TPSA) is 91.4 Å². The van der Waals surface area contributed by atoms with E-state index in [1.807, 2.05) is 17.0 Å². The van der Waals surface area contributed by atoms with Crippen LogP contribution in [0.4, 0.5) is 4.39 Å². The van der Waals surface area contributed by atoms with Crippen LogP contribution in [0.5, 0.6) is 0 Å². The summed E-state index contributed by atoms with van der Waals surface area (Å²) in [6.45, 7) is 0.947. The molecule has 2 atom stereocenters. The van der Waals surface area contributed by atoms with Crippen molar-refractivity contribution < 1.29 is 14.3 Å². The third kappa shape index (κ3) is 5.25. The molecule has 1 aromatic rings. The SMILES string of the molecule is N#CCCN(CCC#N)C(=O)CN1C[C@@H](O)C[C@H]1c1cccc(F)c1. The molecule has 25 heavy (non-hydrogen) atoms. The smallest absolute Gasteiger partial charge is 0.236 e. The first-order valence-corrected chi connectivity index (χ1v) is 8.24. The van der Waals surface area contributed by atoms with Crippen molar-refractivity contribution >= 4 is 5.91 Å². The van der Waals surface area contributed by atoms with Crippen molar-refractivity contribution in [3.05, 3.63) is 35.6 Å². The summed E-state index contributed by atoms with van der Waals surface area (Å²) in [5, 5.41) is 27.4. The third-order valence-electron chi connectivity index (χ3n) is 4.29. The van der Waals surface area contributed by atoms with E-state index in [1.165, 1.54) is 17.0 Å². The molecule has 2 rings (SSSR count). The predicted molar refractivity (Wildman–Crippen MR) is 88.4 cm³/mol. The molecule has 0 unspecified atom stereocenters. The highest BCUT2D eigenvalue weighted by Gasteiger charge is 2.34. The second kappa shape index (κ2) is 9.12. The highest BCUT2D eigenvalue weighted by Crippen LogP contribution is 2.32. The van der Waals surface area contributed by atoms with E-state index < -0.39 is 6.10 Å². The average Bonchev–Trinajstić information content (AvgIpc) is 2.95. The number of carbonyl (C=O) groups is 1. The van der Waals surface area contributed by atoms with E-state index >= 15 is 0 Å². The highest BCUT2D eigenvalue weighted by atomic mass is 19.1. The number of nitriles is 2. The fourth-order valence-electron chi connectivity index (χ4n) is 3.12. The van der Waals surface area contributed by atoms with E-state index in [9.17, 15) is 14.3 Å². The van der Waals surface area contributed by atoms with Crippen LogP contribution in [-0.2, 0) is 4.79 Å². The second-order valence-electron chi connectivity index (χ2n) is 6.09. The molecule has 1 aliphatic heterocycles. The standard InChI is InChI=1S/C18H21FN4O2/c19-15-5-1-4-14(10-15)17-11-16(24)12-23(17)13-18(25)22(8-2-6-20)9-3-7-21/h1,4-5,10,16-17,24H,2-3,8-9,11-13H2/t16-,17-/m0/s1. The number of halogens is 1. The molecule has 0 radical (unpaired) electrons. The van der Waals surface area contributed by atoms with Crippen LogP contribution >= 0.6 is 0 Å².